The van der Waals surface area contributed by atoms with Gasteiger partial charge in [-0.25, -0.2) is 0 Å². The lowest BCUT2D eigenvalue weighted by Gasteiger charge is -2.20. The van der Waals surface area contributed by atoms with Crippen LogP contribution in [0, 0.1) is 0 Å². The van der Waals surface area contributed by atoms with Crippen LogP contribution in [-0.2, 0) is 9.59 Å². The number of nitrogens with two attached hydrogens (primary N) is 1. The Morgan fingerprint density at radius 2 is 2.00 bits per heavy atom. The number of aliphatic carboxylic acids is 2. The second-order valence-corrected chi connectivity index (χ2v) is 5.74. The molecule has 0 radical (unpaired) electrons. The number of hydrogen-bond donors (Lipinski definition) is 4. The molecule has 0 aromatic carbocycles. The fourth-order valence-corrected chi connectivity index (χ4v) is 2.90. The maximum Gasteiger partial charge on any atom is 0.323 e. The summed E-state index contributed by atoms with van der Waals surface area (Å²) < 4.78 is -0.566. The summed E-state index contributed by atoms with van der Waals surface area (Å²) in [6, 6.07) is -1.88. The monoisotopic (exact) mass is 234 g/mol. The second kappa shape index (κ2) is 3.99. The normalized spacial score (nSPS) is 31.1. The molecule has 0 aliphatic carbocycles. The van der Waals surface area contributed by atoms with Gasteiger partial charge in [-0.1, -0.05) is 0 Å². The molecule has 86 valence electrons. The lowest BCUT2D eigenvalue weighted by atomic mass is 10.0. The van der Waals surface area contributed by atoms with Crippen molar-refractivity contribution in [3.63, 3.8) is 0 Å². The van der Waals surface area contributed by atoms with Gasteiger partial charge in [0, 0.05) is 4.75 Å². The SMILES string of the molecule is CC1(C)SC(C(N)C(=O)O)NC1C(=O)O. The van der Waals surface area contributed by atoms with Crippen molar-refractivity contribution in [2.45, 2.75) is 36.1 Å². The highest BCUT2D eigenvalue weighted by atomic mass is 32.2. The maximum absolute atomic E-state index is 10.9. The topological polar surface area (TPSA) is 113 Å². The van der Waals surface area contributed by atoms with E-state index in [1.54, 1.807) is 13.8 Å². The van der Waals surface area contributed by atoms with Crippen LogP contribution >= 0.6 is 11.8 Å². The van der Waals surface area contributed by atoms with Crippen molar-refractivity contribution in [2.75, 3.05) is 0 Å². The third kappa shape index (κ3) is 2.42. The van der Waals surface area contributed by atoms with Gasteiger partial charge in [-0.2, -0.15) is 0 Å². The van der Waals surface area contributed by atoms with E-state index < -0.39 is 34.1 Å². The van der Waals surface area contributed by atoms with Crippen molar-refractivity contribution in [1.29, 1.82) is 0 Å². The van der Waals surface area contributed by atoms with Crippen molar-refractivity contribution >= 4 is 23.7 Å². The Labute approximate surface area is 91.2 Å². The molecule has 3 atom stereocenters. The van der Waals surface area contributed by atoms with Crippen LogP contribution in [0.2, 0.25) is 0 Å². The molecule has 7 heteroatoms. The van der Waals surface area contributed by atoms with Crippen LogP contribution in [0.3, 0.4) is 0 Å². The standard InChI is InChI=1S/C8H14N2O4S/c1-8(2)4(7(13)14)10-5(15-8)3(9)6(11)12/h3-5,10H,9H2,1-2H3,(H,11,12)(H,13,14). The highest BCUT2D eigenvalue weighted by Gasteiger charge is 2.48. The molecule has 0 aromatic rings. The zero-order valence-electron chi connectivity index (χ0n) is 8.43. The number of carbonyl (C=O) groups is 2. The number of nitrogens with one attached hydrogen (secondary N) is 1. The van der Waals surface area contributed by atoms with E-state index in [9.17, 15) is 9.59 Å². The van der Waals surface area contributed by atoms with Gasteiger partial charge in [0.05, 0.1) is 5.37 Å². The van der Waals surface area contributed by atoms with E-state index in [2.05, 4.69) is 5.32 Å². The summed E-state index contributed by atoms with van der Waals surface area (Å²) in [4.78, 5) is 21.5. The van der Waals surface area contributed by atoms with E-state index in [-0.39, 0.29) is 0 Å². The van der Waals surface area contributed by atoms with Crippen molar-refractivity contribution in [2.24, 2.45) is 5.73 Å². The molecule has 1 rings (SSSR count). The number of hydrogen-bond acceptors (Lipinski definition) is 5. The molecule has 5 N–H and O–H groups in total. The van der Waals surface area contributed by atoms with E-state index in [1.165, 1.54) is 11.8 Å². The van der Waals surface area contributed by atoms with E-state index >= 15 is 0 Å². The molecule has 0 spiro atoms. The Morgan fingerprint density at radius 3 is 2.33 bits per heavy atom. The van der Waals surface area contributed by atoms with Gasteiger partial charge < -0.3 is 15.9 Å². The number of rotatable bonds is 3. The minimum absolute atomic E-state index is 0.566. The van der Waals surface area contributed by atoms with Gasteiger partial charge in [-0.15, -0.1) is 11.8 Å². The number of thioether (sulfide) groups is 1. The van der Waals surface area contributed by atoms with Crippen molar-refractivity contribution in [3.8, 4) is 0 Å². The molecule has 1 aliphatic heterocycles. The molecular weight excluding hydrogens is 220 g/mol. The van der Waals surface area contributed by atoms with Gasteiger partial charge >= 0.3 is 11.9 Å². The molecule has 3 unspecified atom stereocenters. The molecule has 0 bridgehead atoms. The third-order valence-corrected chi connectivity index (χ3v) is 3.84. The molecule has 15 heavy (non-hydrogen) atoms. The van der Waals surface area contributed by atoms with Crippen LogP contribution in [-0.4, -0.2) is 44.4 Å². The van der Waals surface area contributed by atoms with Crippen LogP contribution in [0.1, 0.15) is 13.8 Å². The largest absolute Gasteiger partial charge is 0.480 e. The third-order valence-electron chi connectivity index (χ3n) is 2.32. The molecule has 6 nitrogen and oxygen atoms in total. The van der Waals surface area contributed by atoms with Crippen molar-refractivity contribution in [3.05, 3.63) is 0 Å². The predicted octanol–water partition coefficient (Wildman–Crippen LogP) is -0.707. The van der Waals surface area contributed by atoms with Crippen LogP contribution in [0.15, 0.2) is 0 Å². The number of carboxylic acid groups (broad SMARTS) is 2. The lowest BCUT2D eigenvalue weighted by Crippen LogP contribution is -2.50. The lowest BCUT2D eigenvalue weighted by molar-refractivity contribution is -0.141. The summed E-state index contributed by atoms with van der Waals surface area (Å²) in [6.45, 7) is 3.50. The first kappa shape index (κ1) is 12.3. The minimum atomic E-state index is -1.14. The molecule has 1 fully saturated rings. The van der Waals surface area contributed by atoms with Gasteiger partial charge in [0.2, 0.25) is 0 Å². The minimum Gasteiger partial charge on any atom is -0.480 e. The molecule has 1 saturated heterocycles. The van der Waals surface area contributed by atoms with E-state index in [1.807, 2.05) is 0 Å². The molecular formula is C8H14N2O4S. The Bertz CT molecular complexity index is 294. The molecule has 0 amide bonds. The van der Waals surface area contributed by atoms with Crippen LogP contribution in [0.5, 0.6) is 0 Å². The van der Waals surface area contributed by atoms with E-state index in [0.717, 1.165) is 0 Å². The fourth-order valence-electron chi connectivity index (χ4n) is 1.47. The zero-order valence-corrected chi connectivity index (χ0v) is 9.25. The Morgan fingerprint density at radius 1 is 1.47 bits per heavy atom. The fraction of sp³-hybridized carbons (Fsp3) is 0.750. The highest BCUT2D eigenvalue weighted by Crippen LogP contribution is 2.38. The smallest absolute Gasteiger partial charge is 0.323 e. The van der Waals surface area contributed by atoms with Crippen LogP contribution in [0.25, 0.3) is 0 Å². The second-order valence-electron chi connectivity index (χ2n) is 3.94. The summed E-state index contributed by atoms with van der Waals surface area (Å²) in [5.74, 6) is -2.13. The Balaban J connectivity index is 2.78. The summed E-state index contributed by atoms with van der Waals surface area (Å²) in [5.41, 5.74) is 5.43. The summed E-state index contributed by atoms with van der Waals surface area (Å²) in [7, 11) is 0. The summed E-state index contributed by atoms with van der Waals surface area (Å²) in [5, 5.41) is 19.8. The van der Waals surface area contributed by atoms with E-state index in [4.69, 9.17) is 15.9 Å². The highest BCUT2D eigenvalue weighted by molar-refractivity contribution is 8.01. The Hall–Kier alpha value is -0.790. The van der Waals surface area contributed by atoms with Gasteiger partial charge in [-0.05, 0) is 13.8 Å². The van der Waals surface area contributed by atoms with Crippen molar-refractivity contribution < 1.29 is 19.8 Å². The molecule has 0 saturated carbocycles. The van der Waals surface area contributed by atoms with E-state index in [0.29, 0.717) is 0 Å². The molecule has 1 aliphatic rings. The summed E-state index contributed by atoms with van der Waals surface area (Å²) in [6.07, 6.45) is 0. The van der Waals surface area contributed by atoms with Crippen LogP contribution in [0.4, 0.5) is 0 Å². The van der Waals surface area contributed by atoms with Crippen molar-refractivity contribution in [1.82, 2.24) is 5.32 Å². The Kier molecular flexibility index (Phi) is 3.27. The van der Waals surface area contributed by atoms with Gasteiger partial charge in [0.25, 0.3) is 0 Å². The summed E-state index contributed by atoms with van der Waals surface area (Å²) >= 11 is 1.24. The zero-order chi connectivity index (χ0) is 11.8. The molecule has 1 heterocycles. The average Bonchev–Trinajstić information content (AvgIpc) is 2.39. The van der Waals surface area contributed by atoms with Gasteiger partial charge in [-0.3, -0.25) is 14.9 Å². The predicted molar refractivity (Wildman–Crippen MR) is 55.6 cm³/mol. The maximum atomic E-state index is 10.9. The molecule has 0 aromatic heterocycles. The first-order chi connectivity index (χ1) is 6.75. The first-order valence-electron chi connectivity index (χ1n) is 4.41. The quantitative estimate of drug-likeness (QED) is 0.510. The number of carboxylic acids is 2. The van der Waals surface area contributed by atoms with Gasteiger partial charge in [0.1, 0.15) is 12.1 Å². The average molecular weight is 234 g/mol. The van der Waals surface area contributed by atoms with Crippen LogP contribution < -0.4 is 11.1 Å². The van der Waals surface area contributed by atoms with Gasteiger partial charge in [0.15, 0.2) is 0 Å². The first-order valence-corrected chi connectivity index (χ1v) is 5.28.